The molecule has 0 amide bonds. The molecule has 0 unspecified atom stereocenters. The van der Waals surface area contributed by atoms with Crippen LogP contribution in [0.5, 0.6) is 0 Å². The standard InChI is InChI=1S/C10H16O/c1-3-4-9-5-7-10(11-2)8-6-9/h5,8H,3-4,6-7H2,1-2H3. The Morgan fingerprint density at radius 1 is 1.36 bits per heavy atom. The highest BCUT2D eigenvalue weighted by Gasteiger charge is 2.03. The lowest BCUT2D eigenvalue weighted by atomic mass is 10.0. The Bertz CT molecular complexity index is 177. The number of hydrogen-bond donors (Lipinski definition) is 0. The van der Waals surface area contributed by atoms with E-state index in [2.05, 4.69) is 19.1 Å². The highest BCUT2D eigenvalue weighted by atomic mass is 16.5. The van der Waals surface area contributed by atoms with Crippen LogP contribution in [0.25, 0.3) is 0 Å². The molecular formula is C10H16O. The first kappa shape index (κ1) is 8.38. The molecule has 0 aromatic rings. The Morgan fingerprint density at radius 2 is 2.18 bits per heavy atom. The van der Waals surface area contributed by atoms with E-state index in [4.69, 9.17) is 4.74 Å². The minimum absolute atomic E-state index is 0.992. The van der Waals surface area contributed by atoms with Crippen LogP contribution >= 0.6 is 0 Å². The fourth-order valence-electron chi connectivity index (χ4n) is 1.35. The summed E-state index contributed by atoms with van der Waals surface area (Å²) >= 11 is 0. The molecule has 1 heteroatoms. The highest BCUT2D eigenvalue weighted by Crippen LogP contribution is 2.20. The van der Waals surface area contributed by atoms with Crippen LogP contribution < -0.4 is 0 Å². The molecule has 0 saturated carbocycles. The highest BCUT2D eigenvalue weighted by molar-refractivity contribution is 5.18. The average Bonchev–Trinajstić information content (AvgIpc) is 2.07. The smallest absolute Gasteiger partial charge is 0.0956 e. The van der Waals surface area contributed by atoms with Gasteiger partial charge in [-0.1, -0.05) is 25.0 Å². The SMILES string of the molecule is CCCC1=CCC(OC)=CC1. The van der Waals surface area contributed by atoms with Crippen molar-refractivity contribution in [2.75, 3.05) is 7.11 Å². The number of hydrogen-bond acceptors (Lipinski definition) is 1. The summed E-state index contributed by atoms with van der Waals surface area (Å²) in [6.45, 7) is 2.22. The van der Waals surface area contributed by atoms with Gasteiger partial charge in [0.05, 0.1) is 12.9 Å². The maximum absolute atomic E-state index is 5.13. The van der Waals surface area contributed by atoms with E-state index in [0.29, 0.717) is 0 Å². The predicted molar refractivity (Wildman–Crippen MR) is 47.3 cm³/mol. The monoisotopic (exact) mass is 152 g/mol. The van der Waals surface area contributed by atoms with E-state index in [1.165, 1.54) is 12.8 Å². The lowest BCUT2D eigenvalue weighted by Crippen LogP contribution is -1.93. The second kappa shape index (κ2) is 4.22. The van der Waals surface area contributed by atoms with Crippen LogP contribution in [-0.2, 0) is 4.74 Å². The molecule has 1 aliphatic rings. The quantitative estimate of drug-likeness (QED) is 0.565. The Labute approximate surface area is 68.8 Å². The Morgan fingerprint density at radius 3 is 2.64 bits per heavy atom. The minimum Gasteiger partial charge on any atom is -0.501 e. The third-order valence-corrected chi connectivity index (χ3v) is 2.02. The minimum atomic E-state index is 0.992. The number of allylic oxidation sites excluding steroid dienone is 3. The largest absolute Gasteiger partial charge is 0.501 e. The summed E-state index contributed by atoms with van der Waals surface area (Å²) in [4.78, 5) is 0. The Balaban J connectivity index is 2.37. The normalized spacial score (nSPS) is 17.3. The summed E-state index contributed by atoms with van der Waals surface area (Å²) in [7, 11) is 1.74. The van der Waals surface area contributed by atoms with Crippen molar-refractivity contribution < 1.29 is 4.74 Å². The van der Waals surface area contributed by atoms with E-state index in [1.54, 1.807) is 12.7 Å². The van der Waals surface area contributed by atoms with Crippen molar-refractivity contribution >= 4 is 0 Å². The van der Waals surface area contributed by atoms with Crippen LogP contribution in [0.3, 0.4) is 0 Å². The third kappa shape index (κ3) is 2.41. The molecule has 1 aliphatic carbocycles. The molecule has 62 valence electrons. The summed E-state index contributed by atoms with van der Waals surface area (Å²) < 4.78 is 5.13. The maximum Gasteiger partial charge on any atom is 0.0956 e. The van der Waals surface area contributed by atoms with Crippen molar-refractivity contribution in [1.29, 1.82) is 0 Å². The fraction of sp³-hybridized carbons (Fsp3) is 0.600. The molecule has 1 nitrogen and oxygen atoms in total. The average molecular weight is 152 g/mol. The lowest BCUT2D eigenvalue weighted by Gasteiger charge is -2.11. The Hall–Kier alpha value is -0.720. The molecule has 0 aliphatic heterocycles. The van der Waals surface area contributed by atoms with Crippen molar-refractivity contribution in [1.82, 2.24) is 0 Å². The van der Waals surface area contributed by atoms with Gasteiger partial charge in [-0.2, -0.15) is 0 Å². The van der Waals surface area contributed by atoms with Crippen molar-refractivity contribution in [2.24, 2.45) is 0 Å². The molecule has 0 aromatic carbocycles. The zero-order valence-corrected chi connectivity index (χ0v) is 7.39. The van der Waals surface area contributed by atoms with Crippen molar-refractivity contribution in [3.63, 3.8) is 0 Å². The molecule has 1 rings (SSSR count). The molecular weight excluding hydrogens is 136 g/mol. The second-order valence-corrected chi connectivity index (χ2v) is 2.90. The molecule has 0 N–H and O–H groups in total. The predicted octanol–water partition coefficient (Wildman–Crippen LogP) is 3.04. The molecule has 11 heavy (non-hydrogen) atoms. The lowest BCUT2D eigenvalue weighted by molar-refractivity contribution is 0.281. The first-order valence-corrected chi connectivity index (χ1v) is 4.27. The fourth-order valence-corrected chi connectivity index (χ4v) is 1.35. The maximum atomic E-state index is 5.13. The molecule has 0 heterocycles. The van der Waals surface area contributed by atoms with Crippen LogP contribution in [0.1, 0.15) is 32.6 Å². The molecule has 0 saturated heterocycles. The van der Waals surface area contributed by atoms with Crippen LogP contribution in [-0.4, -0.2) is 7.11 Å². The van der Waals surface area contributed by atoms with Gasteiger partial charge in [0.1, 0.15) is 0 Å². The zero-order valence-electron chi connectivity index (χ0n) is 7.39. The topological polar surface area (TPSA) is 9.23 Å². The number of ether oxygens (including phenoxy) is 1. The van der Waals surface area contributed by atoms with Gasteiger partial charge in [-0.25, -0.2) is 0 Å². The summed E-state index contributed by atoms with van der Waals surface area (Å²) in [5.74, 6) is 1.12. The van der Waals surface area contributed by atoms with Crippen LogP contribution in [0, 0.1) is 0 Å². The van der Waals surface area contributed by atoms with E-state index in [0.717, 1.165) is 18.6 Å². The van der Waals surface area contributed by atoms with Gasteiger partial charge in [0.15, 0.2) is 0 Å². The number of methoxy groups -OCH3 is 1. The summed E-state index contributed by atoms with van der Waals surface area (Å²) in [6, 6.07) is 0. The van der Waals surface area contributed by atoms with Gasteiger partial charge in [-0.3, -0.25) is 0 Å². The summed E-state index contributed by atoms with van der Waals surface area (Å²) in [6.07, 6.45) is 9.06. The summed E-state index contributed by atoms with van der Waals surface area (Å²) in [5.41, 5.74) is 1.56. The van der Waals surface area contributed by atoms with E-state index in [1.807, 2.05) is 0 Å². The molecule has 0 atom stereocenters. The molecule has 0 fully saturated rings. The molecule has 0 aromatic heterocycles. The van der Waals surface area contributed by atoms with Crippen LogP contribution in [0.15, 0.2) is 23.5 Å². The zero-order chi connectivity index (χ0) is 8.10. The van der Waals surface area contributed by atoms with Crippen LogP contribution in [0.4, 0.5) is 0 Å². The second-order valence-electron chi connectivity index (χ2n) is 2.90. The van der Waals surface area contributed by atoms with Gasteiger partial charge >= 0.3 is 0 Å². The van der Waals surface area contributed by atoms with Crippen molar-refractivity contribution in [3.05, 3.63) is 23.5 Å². The first-order valence-electron chi connectivity index (χ1n) is 4.27. The Kier molecular flexibility index (Phi) is 3.21. The molecule has 0 spiro atoms. The van der Waals surface area contributed by atoms with E-state index < -0.39 is 0 Å². The first-order chi connectivity index (χ1) is 5.36. The third-order valence-electron chi connectivity index (χ3n) is 2.02. The molecule has 0 radical (unpaired) electrons. The number of rotatable bonds is 3. The van der Waals surface area contributed by atoms with Gasteiger partial charge in [0.25, 0.3) is 0 Å². The van der Waals surface area contributed by atoms with Gasteiger partial charge in [-0.15, -0.1) is 0 Å². The van der Waals surface area contributed by atoms with E-state index >= 15 is 0 Å². The van der Waals surface area contributed by atoms with Gasteiger partial charge < -0.3 is 4.74 Å². The van der Waals surface area contributed by atoms with E-state index in [9.17, 15) is 0 Å². The van der Waals surface area contributed by atoms with Gasteiger partial charge in [0.2, 0.25) is 0 Å². The van der Waals surface area contributed by atoms with Crippen molar-refractivity contribution in [2.45, 2.75) is 32.6 Å². The summed E-state index contributed by atoms with van der Waals surface area (Å²) in [5, 5.41) is 0. The van der Waals surface area contributed by atoms with Gasteiger partial charge in [0, 0.05) is 6.42 Å². The van der Waals surface area contributed by atoms with Crippen molar-refractivity contribution in [3.8, 4) is 0 Å². The molecule has 0 bridgehead atoms. The van der Waals surface area contributed by atoms with E-state index in [-0.39, 0.29) is 0 Å². The van der Waals surface area contributed by atoms with Crippen LogP contribution in [0.2, 0.25) is 0 Å². The van der Waals surface area contributed by atoms with Gasteiger partial charge in [-0.05, 0) is 18.9 Å².